The fourth-order valence-electron chi connectivity index (χ4n) is 2.46. The molecule has 2 aromatic rings. The number of carbonyl (C=O) groups excluding carboxylic acids is 3. The van der Waals surface area contributed by atoms with Crippen LogP contribution in [0.2, 0.25) is 10.0 Å². The monoisotopic (exact) mass is 452 g/mol. The fourth-order valence-corrected chi connectivity index (χ4v) is 2.95. The van der Waals surface area contributed by atoms with Crippen LogP contribution in [-0.4, -0.2) is 28.7 Å². The molecule has 0 aliphatic heterocycles. The molecule has 3 N–H and O–H groups in total. The van der Waals surface area contributed by atoms with Gasteiger partial charge in [0.2, 0.25) is 0 Å². The van der Waals surface area contributed by atoms with Gasteiger partial charge in [-0.05, 0) is 30.2 Å². The third kappa shape index (κ3) is 5.91. The first-order valence-corrected chi connectivity index (χ1v) is 9.46. The average molecular weight is 453 g/mol. The Labute approximate surface area is 181 Å². The van der Waals surface area contributed by atoms with Crippen molar-refractivity contribution in [3.8, 4) is 0 Å². The molecule has 0 saturated heterocycles. The summed E-state index contributed by atoms with van der Waals surface area (Å²) in [6, 6.07) is 8.36. The van der Waals surface area contributed by atoms with Gasteiger partial charge in [-0.25, -0.2) is 0 Å². The van der Waals surface area contributed by atoms with Gasteiger partial charge in [0, 0.05) is 22.7 Å². The largest absolute Gasteiger partial charge is 0.340 e. The van der Waals surface area contributed by atoms with E-state index in [1.165, 1.54) is 36.4 Å². The number of hydrogen-bond acceptors (Lipinski definition) is 5. The topological polar surface area (TPSA) is 130 Å². The van der Waals surface area contributed by atoms with Crippen molar-refractivity contribution < 1.29 is 19.3 Å². The molecule has 0 radical (unpaired) electrons. The molecule has 30 heavy (non-hydrogen) atoms. The average Bonchev–Trinajstić information content (AvgIpc) is 2.69. The summed E-state index contributed by atoms with van der Waals surface area (Å²) in [5.74, 6) is -2.34. The van der Waals surface area contributed by atoms with Crippen LogP contribution >= 0.6 is 23.2 Å². The summed E-state index contributed by atoms with van der Waals surface area (Å²) in [7, 11) is 0. The van der Waals surface area contributed by atoms with Gasteiger partial charge in [0.1, 0.15) is 6.04 Å². The van der Waals surface area contributed by atoms with E-state index in [1.54, 1.807) is 13.8 Å². The number of halogens is 2. The molecule has 0 aromatic heterocycles. The normalized spacial score (nSPS) is 11.5. The zero-order valence-corrected chi connectivity index (χ0v) is 17.5. The number of benzene rings is 2. The van der Waals surface area contributed by atoms with Crippen molar-refractivity contribution in [2.45, 2.75) is 19.9 Å². The van der Waals surface area contributed by atoms with Gasteiger partial charge in [0.15, 0.2) is 0 Å². The lowest BCUT2D eigenvalue weighted by Gasteiger charge is -2.22. The summed E-state index contributed by atoms with van der Waals surface area (Å²) in [5, 5.41) is 13.9. The lowest BCUT2D eigenvalue weighted by atomic mass is 10.0. The van der Waals surface area contributed by atoms with Gasteiger partial charge >= 0.3 is 0 Å². The van der Waals surface area contributed by atoms with Gasteiger partial charge in [-0.3, -0.25) is 35.3 Å². The van der Waals surface area contributed by atoms with E-state index in [4.69, 9.17) is 23.2 Å². The van der Waals surface area contributed by atoms with Gasteiger partial charge in [0.25, 0.3) is 23.4 Å². The first-order chi connectivity index (χ1) is 14.1. The van der Waals surface area contributed by atoms with E-state index in [0.717, 1.165) is 6.07 Å². The van der Waals surface area contributed by atoms with Crippen LogP contribution in [0, 0.1) is 16.0 Å². The van der Waals surface area contributed by atoms with Crippen molar-refractivity contribution in [3.05, 3.63) is 73.8 Å². The molecule has 0 fully saturated rings. The van der Waals surface area contributed by atoms with Gasteiger partial charge in [-0.1, -0.05) is 43.1 Å². The summed E-state index contributed by atoms with van der Waals surface area (Å²) in [6.45, 7) is 3.41. The van der Waals surface area contributed by atoms with Crippen molar-refractivity contribution in [3.63, 3.8) is 0 Å². The first-order valence-electron chi connectivity index (χ1n) is 8.70. The first kappa shape index (κ1) is 23.1. The molecule has 0 spiro atoms. The molecule has 1 unspecified atom stereocenters. The number of non-ortho nitro benzene ring substituents is 1. The summed E-state index contributed by atoms with van der Waals surface area (Å²) in [4.78, 5) is 47.3. The SMILES string of the molecule is CC(C)C(NC(=O)c1ccc(Cl)cc1Cl)C(=O)NNC(=O)c1cccc([N+](=O)[O-])c1. The van der Waals surface area contributed by atoms with E-state index in [2.05, 4.69) is 16.2 Å². The van der Waals surface area contributed by atoms with E-state index >= 15 is 0 Å². The number of nitro groups is 1. The predicted molar refractivity (Wildman–Crippen MR) is 111 cm³/mol. The van der Waals surface area contributed by atoms with Crippen LogP contribution in [0.5, 0.6) is 0 Å². The molecule has 0 heterocycles. The minimum absolute atomic E-state index is 0.0115. The third-order valence-electron chi connectivity index (χ3n) is 4.03. The summed E-state index contributed by atoms with van der Waals surface area (Å²) in [5.41, 5.74) is 4.26. The van der Waals surface area contributed by atoms with Gasteiger partial charge < -0.3 is 5.32 Å². The maximum atomic E-state index is 12.5. The van der Waals surface area contributed by atoms with E-state index in [1.807, 2.05) is 0 Å². The van der Waals surface area contributed by atoms with Crippen LogP contribution in [0.3, 0.4) is 0 Å². The second-order valence-corrected chi connectivity index (χ2v) is 7.41. The maximum Gasteiger partial charge on any atom is 0.270 e. The summed E-state index contributed by atoms with van der Waals surface area (Å²) in [6.07, 6.45) is 0. The highest BCUT2D eigenvalue weighted by Crippen LogP contribution is 2.21. The zero-order chi connectivity index (χ0) is 22.4. The van der Waals surface area contributed by atoms with Gasteiger partial charge in [0.05, 0.1) is 15.5 Å². The molecular weight excluding hydrogens is 435 g/mol. The van der Waals surface area contributed by atoms with Crippen molar-refractivity contribution in [1.29, 1.82) is 0 Å². The van der Waals surface area contributed by atoms with Crippen LogP contribution in [0.25, 0.3) is 0 Å². The molecule has 0 saturated carbocycles. The molecule has 158 valence electrons. The molecule has 0 aliphatic carbocycles. The molecule has 9 nitrogen and oxygen atoms in total. The second-order valence-electron chi connectivity index (χ2n) is 6.57. The Hall–Kier alpha value is -3.17. The summed E-state index contributed by atoms with van der Waals surface area (Å²) >= 11 is 11.8. The molecule has 1 atom stereocenters. The van der Waals surface area contributed by atoms with Gasteiger partial charge in [-0.2, -0.15) is 0 Å². The van der Waals surface area contributed by atoms with Crippen molar-refractivity contribution in [1.82, 2.24) is 16.2 Å². The van der Waals surface area contributed by atoms with Crippen LogP contribution in [0.1, 0.15) is 34.6 Å². The molecule has 11 heteroatoms. The molecule has 0 aliphatic rings. The predicted octanol–water partition coefficient (Wildman–Crippen LogP) is 3.12. The minimum Gasteiger partial charge on any atom is -0.340 e. The number of nitrogens with zero attached hydrogens (tertiary/aromatic N) is 1. The number of carbonyl (C=O) groups is 3. The van der Waals surface area contributed by atoms with E-state index in [-0.39, 0.29) is 27.8 Å². The van der Waals surface area contributed by atoms with Crippen molar-refractivity contribution >= 4 is 46.6 Å². The minimum atomic E-state index is -0.991. The van der Waals surface area contributed by atoms with E-state index in [9.17, 15) is 24.5 Å². The fraction of sp³-hybridized carbons (Fsp3) is 0.211. The molecule has 2 rings (SSSR count). The molecule has 3 amide bonds. The number of nitro benzene ring substituents is 1. The lowest BCUT2D eigenvalue weighted by Crippen LogP contribution is -2.54. The number of rotatable bonds is 6. The van der Waals surface area contributed by atoms with Crippen LogP contribution in [0.15, 0.2) is 42.5 Å². The van der Waals surface area contributed by atoms with E-state index < -0.39 is 28.7 Å². The standard InChI is InChI=1S/C19H18Cl2N4O5/c1-10(2)16(22-18(27)14-7-6-12(20)9-15(14)21)19(28)24-23-17(26)11-4-3-5-13(8-11)25(29)30/h3-10,16H,1-2H3,(H,22,27)(H,23,26)(H,24,28). The number of hydrazine groups is 1. The van der Waals surface area contributed by atoms with Crippen LogP contribution < -0.4 is 16.2 Å². The maximum absolute atomic E-state index is 12.5. The van der Waals surface area contributed by atoms with Crippen LogP contribution in [-0.2, 0) is 4.79 Å². The Balaban J connectivity index is 2.05. The number of amides is 3. The lowest BCUT2D eigenvalue weighted by molar-refractivity contribution is -0.384. The van der Waals surface area contributed by atoms with Crippen LogP contribution in [0.4, 0.5) is 5.69 Å². The Morgan fingerprint density at radius 3 is 2.30 bits per heavy atom. The summed E-state index contributed by atoms with van der Waals surface area (Å²) < 4.78 is 0. The Morgan fingerprint density at radius 2 is 1.70 bits per heavy atom. The second kappa shape index (κ2) is 10.0. The van der Waals surface area contributed by atoms with Crippen molar-refractivity contribution in [2.75, 3.05) is 0 Å². The number of hydrogen-bond donors (Lipinski definition) is 3. The highest BCUT2D eigenvalue weighted by atomic mass is 35.5. The Morgan fingerprint density at radius 1 is 1.00 bits per heavy atom. The number of nitrogens with one attached hydrogen (secondary N) is 3. The molecular formula is C19H18Cl2N4O5. The highest BCUT2D eigenvalue weighted by molar-refractivity contribution is 6.36. The quantitative estimate of drug-likeness (QED) is 0.457. The molecule has 2 aromatic carbocycles. The highest BCUT2D eigenvalue weighted by Gasteiger charge is 2.26. The molecule has 0 bridgehead atoms. The third-order valence-corrected chi connectivity index (χ3v) is 4.58. The zero-order valence-electron chi connectivity index (χ0n) is 15.9. The smallest absolute Gasteiger partial charge is 0.270 e. The Bertz CT molecular complexity index is 997. The Kier molecular flexibility index (Phi) is 7.73. The van der Waals surface area contributed by atoms with E-state index in [0.29, 0.717) is 5.02 Å². The van der Waals surface area contributed by atoms with Crippen molar-refractivity contribution in [2.24, 2.45) is 5.92 Å². The van der Waals surface area contributed by atoms with Gasteiger partial charge in [-0.15, -0.1) is 0 Å².